The molecule has 3 nitrogen and oxygen atoms in total. The lowest BCUT2D eigenvalue weighted by atomic mass is 10.1. The van der Waals surface area contributed by atoms with Crippen LogP contribution in [0.2, 0.25) is 0 Å². The fourth-order valence-electron chi connectivity index (χ4n) is 2.27. The van der Waals surface area contributed by atoms with Crippen molar-refractivity contribution in [2.75, 3.05) is 6.61 Å². The Kier molecular flexibility index (Phi) is 5.08. The number of benzene rings is 3. The Labute approximate surface area is 139 Å². The molecule has 0 heterocycles. The standard InChI is InChI=1S/C20H17FO3/c21-16-6-8-17(9-7-16)23-18-10-12-19(13-11-18)24-20(14-22)15-4-2-1-3-5-15/h1-13,20,22H,14H2. The molecule has 3 aromatic carbocycles. The summed E-state index contributed by atoms with van der Waals surface area (Å²) in [5, 5.41) is 9.53. The largest absolute Gasteiger partial charge is 0.483 e. The van der Waals surface area contributed by atoms with Crippen molar-refractivity contribution in [3.63, 3.8) is 0 Å². The Morgan fingerprint density at radius 3 is 1.88 bits per heavy atom. The van der Waals surface area contributed by atoms with Crippen molar-refractivity contribution in [1.82, 2.24) is 0 Å². The van der Waals surface area contributed by atoms with Gasteiger partial charge in [-0.15, -0.1) is 0 Å². The average Bonchev–Trinajstić information content (AvgIpc) is 2.64. The molecular formula is C20H17FO3. The maximum atomic E-state index is 12.9. The lowest BCUT2D eigenvalue weighted by Gasteiger charge is -2.17. The molecule has 0 aliphatic heterocycles. The van der Waals surface area contributed by atoms with Gasteiger partial charge in [0, 0.05) is 0 Å². The summed E-state index contributed by atoms with van der Waals surface area (Å²) < 4.78 is 24.3. The summed E-state index contributed by atoms with van der Waals surface area (Å²) >= 11 is 0. The van der Waals surface area contributed by atoms with Crippen LogP contribution in [-0.2, 0) is 0 Å². The number of rotatable bonds is 6. The molecule has 0 saturated carbocycles. The van der Waals surface area contributed by atoms with E-state index in [0.717, 1.165) is 5.56 Å². The highest BCUT2D eigenvalue weighted by Crippen LogP contribution is 2.26. The van der Waals surface area contributed by atoms with E-state index in [1.54, 1.807) is 36.4 Å². The van der Waals surface area contributed by atoms with Gasteiger partial charge in [0.05, 0.1) is 6.61 Å². The summed E-state index contributed by atoms with van der Waals surface area (Å²) in [5.74, 6) is 1.50. The first kappa shape index (κ1) is 16.0. The Morgan fingerprint density at radius 1 is 0.750 bits per heavy atom. The number of aliphatic hydroxyl groups is 1. The van der Waals surface area contributed by atoms with Crippen LogP contribution in [0.5, 0.6) is 17.2 Å². The molecule has 1 N–H and O–H groups in total. The molecule has 4 heteroatoms. The van der Waals surface area contributed by atoms with Crippen LogP contribution in [0, 0.1) is 5.82 Å². The molecule has 0 fully saturated rings. The predicted molar refractivity (Wildman–Crippen MR) is 89.8 cm³/mol. The van der Waals surface area contributed by atoms with Gasteiger partial charge in [-0.3, -0.25) is 0 Å². The zero-order valence-corrected chi connectivity index (χ0v) is 12.9. The molecule has 0 amide bonds. The number of ether oxygens (including phenoxy) is 2. The predicted octanol–water partition coefficient (Wildman–Crippen LogP) is 4.73. The minimum absolute atomic E-state index is 0.113. The van der Waals surface area contributed by atoms with Gasteiger partial charge >= 0.3 is 0 Å². The van der Waals surface area contributed by atoms with Gasteiger partial charge < -0.3 is 14.6 Å². The third-order valence-corrected chi connectivity index (χ3v) is 3.49. The van der Waals surface area contributed by atoms with E-state index in [-0.39, 0.29) is 12.4 Å². The molecule has 0 aliphatic carbocycles. The van der Waals surface area contributed by atoms with Gasteiger partial charge in [0.25, 0.3) is 0 Å². The molecule has 0 radical (unpaired) electrons. The Morgan fingerprint density at radius 2 is 1.29 bits per heavy atom. The number of hydrogen-bond acceptors (Lipinski definition) is 3. The topological polar surface area (TPSA) is 38.7 Å². The fourth-order valence-corrected chi connectivity index (χ4v) is 2.27. The third-order valence-electron chi connectivity index (χ3n) is 3.49. The summed E-state index contributed by atoms with van der Waals surface area (Å²) in [6.07, 6.45) is -0.421. The van der Waals surface area contributed by atoms with Crippen molar-refractivity contribution in [3.05, 3.63) is 90.2 Å². The number of halogens is 1. The van der Waals surface area contributed by atoms with Crippen molar-refractivity contribution < 1.29 is 19.0 Å². The molecule has 0 aliphatic rings. The van der Waals surface area contributed by atoms with E-state index < -0.39 is 6.10 Å². The maximum Gasteiger partial charge on any atom is 0.147 e. The molecule has 0 aromatic heterocycles. The smallest absolute Gasteiger partial charge is 0.147 e. The van der Waals surface area contributed by atoms with Gasteiger partial charge in [-0.2, -0.15) is 0 Å². The first-order chi connectivity index (χ1) is 11.7. The molecule has 0 saturated heterocycles. The van der Waals surface area contributed by atoms with Crippen LogP contribution in [0.1, 0.15) is 11.7 Å². The van der Waals surface area contributed by atoms with Gasteiger partial charge in [0.1, 0.15) is 29.2 Å². The number of aliphatic hydroxyl groups excluding tert-OH is 1. The van der Waals surface area contributed by atoms with E-state index in [1.165, 1.54) is 12.1 Å². The summed E-state index contributed by atoms with van der Waals surface area (Å²) in [6.45, 7) is -0.113. The van der Waals surface area contributed by atoms with Crippen molar-refractivity contribution in [1.29, 1.82) is 0 Å². The lowest BCUT2D eigenvalue weighted by Crippen LogP contribution is -2.11. The Bertz CT molecular complexity index is 755. The van der Waals surface area contributed by atoms with E-state index in [4.69, 9.17) is 9.47 Å². The zero-order valence-electron chi connectivity index (χ0n) is 12.9. The monoisotopic (exact) mass is 324 g/mol. The van der Waals surface area contributed by atoms with E-state index >= 15 is 0 Å². The van der Waals surface area contributed by atoms with Crippen LogP contribution in [0.15, 0.2) is 78.9 Å². The molecule has 0 spiro atoms. The van der Waals surface area contributed by atoms with Crippen LogP contribution in [0.3, 0.4) is 0 Å². The Hall–Kier alpha value is -2.85. The molecular weight excluding hydrogens is 307 g/mol. The van der Waals surface area contributed by atoms with Crippen molar-refractivity contribution in [2.24, 2.45) is 0 Å². The molecule has 122 valence electrons. The van der Waals surface area contributed by atoms with Gasteiger partial charge in [0.15, 0.2) is 0 Å². The SMILES string of the molecule is OCC(Oc1ccc(Oc2ccc(F)cc2)cc1)c1ccccc1. The van der Waals surface area contributed by atoms with Crippen LogP contribution < -0.4 is 9.47 Å². The van der Waals surface area contributed by atoms with Crippen molar-refractivity contribution >= 4 is 0 Å². The summed E-state index contributed by atoms with van der Waals surface area (Å²) in [7, 11) is 0. The van der Waals surface area contributed by atoms with Gasteiger partial charge in [0.2, 0.25) is 0 Å². The van der Waals surface area contributed by atoms with E-state index in [0.29, 0.717) is 17.2 Å². The quantitative estimate of drug-likeness (QED) is 0.712. The molecule has 0 bridgehead atoms. The lowest BCUT2D eigenvalue weighted by molar-refractivity contribution is 0.116. The highest BCUT2D eigenvalue weighted by molar-refractivity contribution is 5.36. The van der Waals surface area contributed by atoms with Crippen LogP contribution in [0.25, 0.3) is 0 Å². The van der Waals surface area contributed by atoms with E-state index in [2.05, 4.69) is 0 Å². The molecule has 1 atom stereocenters. The molecule has 3 rings (SSSR count). The highest BCUT2D eigenvalue weighted by Gasteiger charge is 2.11. The average molecular weight is 324 g/mol. The summed E-state index contributed by atoms with van der Waals surface area (Å²) in [4.78, 5) is 0. The van der Waals surface area contributed by atoms with Crippen LogP contribution >= 0.6 is 0 Å². The summed E-state index contributed by atoms with van der Waals surface area (Å²) in [5.41, 5.74) is 0.909. The van der Waals surface area contributed by atoms with Crippen molar-refractivity contribution in [3.8, 4) is 17.2 Å². The fraction of sp³-hybridized carbons (Fsp3) is 0.100. The summed E-state index contributed by atoms with van der Waals surface area (Å²) in [6, 6.07) is 22.4. The number of hydrogen-bond donors (Lipinski definition) is 1. The van der Waals surface area contributed by atoms with E-state index in [9.17, 15) is 9.50 Å². The zero-order chi connectivity index (χ0) is 16.8. The van der Waals surface area contributed by atoms with Gasteiger partial charge in [-0.25, -0.2) is 4.39 Å². The van der Waals surface area contributed by atoms with Crippen molar-refractivity contribution in [2.45, 2.75) is 6.10 Å². The highest BCUT2D eigenvalue weighted by atomic mass is 19.1. The third kappa shape index (κ3) is 4.12. The van der Waals surface area contributed by atoms with Gasteiger partial charge in [-0.1, -0.05) is 30.3 Å². The maximum absolute atomic E-state index is 12.9. The second-order valence-electron chi connectivity index (χ2n) is 5.23. The first-order valence-corrected chi connectivity index (χ1v) is 7.60. The van der Waals surface area contributed by atoms with Gasteiger partial charge in [-0.05, 0) is 54.1 Å². The normalized spacial score (nSPS) is 11.8. The van der Waals surface area contributed by atoms with E-state index in [1.807, 2.05) is 30.3 Å². The molecule has 24 heavy (non-hydrogen) atoms. The minimum Gasteiger partial charge on any atom is -0.483 e. The molecule has 1 unspecified atom stereocenters. The second kappa shape index (κ2) is 7.62. The Balaban J connectivity index is 1.66. The van der Waals surface area contributed by atoms with Crippen LogP contribution in [-0.4, -0.2) is 11.7 Å². The molecule has 3 aromatic rings. The second-order valence-corrected chi connectivity index (χ2v) is 5.23. The van der Waals surface area contributed by atoms with Crippen LogP contribution in [0.4, 0.5) is 4.39 Å². The minimum atomic E-state index is -0.421. The first-order valence-electron chi connectivity index (χ1n) is 7.60.